The summed E-state index contributed by atoms with van der Waals surface area (Å²) in [5.74, 6) is 0.625. The van der Waals surface area contributed by atoms with E-state index >= 15 is 0 Å². The maximum Gasteiger partial charge on any atom is 0.319 e. The highest BCUT2D eigenvalue weighted by Crippen LogP contribution is 2.26. The number of carbonyl (C=O) groups is 1. The third-order valence-electron chi connectivity index (χ3n) is 2.50. The fourth-order valence-corrected chi connectivity index (χ4v) is 3.09. The van der Waals surface area contributed by atoms with Crippen molar-refractivity contribution in [1.29, 1.82) is 0 Å². The number of rotatable bonds is 7. The number of hydrogen-bond acceptors (Lipinski definition) is 3. The molecule has 0 saturated carbocycles. The Balaban J connectivity index is 2.57. The van der Waals surface area contributed by atoms with Crippen molar-refractivity contribution in [2.24, 2.45) is 0 Å². The predicted octanol–water partition coefficient (Wildman–Crippen LogP) is 4.31. The fourth-order valence-electron chi connectivity index (χ4n) is 1.57. The third-order valence-corrected chi connectivity index (χ3v) is 4.18. The van der Waals surface area contributed by atoms with Crippen molar-refractivity contribution in [3.8, 4) is 0 Å². The lowest BCUT2D eigenvalue weighted by molar-refractivity contribution is -0.142. The van der Waals surface area contributed by atoms with Gasteiger partial charge in [0.25, 0.3) is 0 Å². The van der Waals surface area contributed by atoms with Crippen LogP contribution in [0.25, 0.3) is 0 Å². The molecule has 0 spiro atoms. The van der Waals surface area contributed by atoms with Crippen LogP contribution in [0.1, 0.15) is 32.3 Å². The van der Waals surface area contributed by atoms with E-state index in [4.69, 9.17) is 16.3 Å². The first-order chi connectivity index (χ1) is 8.69. The Morgan fingerprint density at radius 1 is 1.39 bits per heavy atom. The molecule has 1 aromatic carbocycles. The molecule has 100 valence electrons. The predicted molar refractivity (Wildman–Crippen MR) is 78.1 cm³/mol. The van der Waals surface area contributed by atoms with Gasteiger partial charge in [0, 0.05) is 10.8 Å². The Morgan fingerprint density at radius 2 is 2.11 bits per heavy atom. The van der Waals surface area contributed by atoms with Crippen LogP contribution in [0.5, 0.6) is 0 Å². The molecule has 0 aliphatic carbocycles. The Kier molecular flexibility index (Phi) is 7.21. The van der Waals surface area contributed by atoms with Crippen molar-refractivity contribution in [2.45, 2.75) is 37.7 Å². The summed E-state index contributed by atoms with van der Waals surface area (Å²) in [5, 5.41) is 0.662. The fraction of sp³-hybridized carbons (Fsp3) is 0.500. The van der Waals surface area contributed by atoms with Gasteiger partial charge in [-0.1, -0.05) is 43.1 Å². The van der Waals surface area contributed by atoms with Gasteiger partial charge < -0.3 is 4.74 Å². The van der Waals surface area contributed by atoms with E-state index in [9.17, 15) is 4.79 Å². The van der Waals surface area contributed by atoms with Gasteiger partial charge in [0.05, 0.1) is 6.61 Å². The van der Waals surface area contributed by atoms with E-state index in [0.29, 0.717) is 6.61 Å². The number of halogens is 1. The molecule has 0 bridgehead atoms. The average molecular weight is 287 g/mol. The monoisotopic (exact) mass is 286 g/mol. The van der Waals surface area contributed by atoms with Crippen LogP contribution < -0.4 is 0 Å². The smallest absolute Gasteiger partial charge is 0.319 e. The van der Waals surface area contributed by atoms with E-state index in [2.05, 4.69) is 6.92 Å². The topological polar surface area (TPSA) is 26.3 Å². The summed E-state index contributed by atoms with van der Waals surface area (Å²) in [6.45, 7) is 4.34. The molecule has 18 heavy (non-hydrogen) atoms. The number of benzene rings is 1. The van der Waals surface area contributed by atoms with Gasteiger partial charge in [-0.15, -0.1) is 11.8 Å². The largest absolute Gasteiger partial charge is 0.465 e. The molecule has 0 N–H and O–H groups in total. The van der Waals surface area contributed by atoms with Crippen molar-refractivity contribution in [3.05, 3.63) is 34.9 Å². The Bertz CT molecular complexity index is 382. The number of carbonyl (C=O) groups excluding carboxylic acids is 1. The van der Waals surface area contributed by atoms with Crippen LogP contribution in [-0.4, -0.2) is 17.8 Å². The molecular formula is C14H19ClO2S. The lowest BCUT2D eigenvalue weighted by Crippen LogP contribution is -2.20. The Morgan fingerprint density at radius 3 is 2.72 bits per heavy atom. The van der Waals surface area contributed by atoms with Crippen LogP contribution in [0.15, 0.2) is 24.3 Å². The highest BCUT2D eigenvalue weighted by molar-refractivity contribution is 7.99. The Labute approximate surface area is 118 Å². The van der Waals surface area contributed by atoms with E-state index in [0.717, 1.165) is 29.2 Å². The second-order valence-corrected chi connectivity index (χ2v) is 5.53. The molecular weight excluding hydrogens is 268 g/mol. The minimum atomic E-state index is -0.114. The normalized spacial score (nSPS) is 12.2. The third kappa shape index (κ3) is 4.91. The second kappa shape index (κ2) is 8.44. The molecule has 1 unspecified atom stereocenters. The molecule has 0 aliphatic heterocycles. The molecule has 0 aromatic heterocycles. The van der Waals surface area contributed by atoms with Crippen molar-refractivity contribution >= 4 is 29.3 Å². The quantitative estimate of drug-likeness (QED) is 0.699. The highest BCUT2D eigenvalue weighted by Gasteiger charge is 2.19. The summed E-state index contributed by atoms with van der Waals surface area (Å²) >= 11 is 7.70. The highest BCUT2D eigenvalue weighted by atomic mass is 35.5. The van der Waals surface area contributed by atoms with Gasteiger partial charge in [-0.3, -0.25) is 4.79 Å². The SMILES string of the molecule is CCCC(SCc1ccccc1Cl)C(=O)OCC. The van der Waals surface area contributed by atoms with Crippen molar-refractivity contribution in [3.63, 3.8) is 0 Å². The summed E-state index contributed by atoms with van der Waals surface area (Å²) in [6, 6.07) is 7.73. The minimum absolute atomic E-state index is 0.0915. The maximum absolute atomic E-state index is 11.8. The first-order valence-corrected chi connectivity index (χ1v) is 7.63. The van der Waals surface area contributed by atoms with Crippen LogP contribution in [0, 0.1) is 0 Å². The zero-order valence-electron chi connectivity index (χ0n) is 10.8. The summed E-state index contributed by atoms with van der Waals surface area (Å²) < 4.78 is 5.08. The second-order valence-electron chi connectivity index (χ2n) is 3.93. The van der Waals surface area contributed by atoms with E-state index in [-0.39, 0.29) is 11.2 Å². The number of esters is 1. The first kappa shape index (κ1) is 15.4. The maximum atomic E-state index is 11.8. The van der Waals surface area contributed by atoms with Gasteiger partial charge in [0.2, 0.25) is 0 Å². The van der Waals surface area contributed by atoms with Crippen molar-refractivity contribution in [2.75, 3.05) is 6.61 Å². The molecule has 0 heterocycles. The van der Waals surface area contributed by atoms with Crippen LogP contribution in [0.4, 0.5) is 0 Å². The number of hydrogen-bond donors (Lipinski definition) is 0. The molecule has 1 aromatic rings. The number of thioether (sulfide) groups is 1. The zero-order valence-corrected chi connectivity index (χ0v) is 12.4. The average Bonchev–Trinajstić information content (AvgIpc) is 2.36. The first-order valence-electron chi connectivity index (χ1n) is 6.20. The van der Waals surface area contributed by atoms with Crippen molar-refractivity contribution < 1.29 is 9.53 Å². The van der Waals surface area contributed by atoms with Gasteiger partial charge in [0.1, 0.15) is 5.25 Å². The van der Waals surface area contributed by atoms with Gasteiger partial charge >= 0.3 is 5.97 Å². The minimum Gasteiger partial charge on any atom is -0.465 e. The molecule has 0 amide bonds. The van der Waals surface area contributed by atoms with E-state index in [1.165, 1.54) is 0 Å². The molecule has 1 rings (SSSR count). The number of ether oxygens (including phenoxy) is 1. The summed E-state index contributed by atoms with van der Waals surface area (Å²) in [4.78, 5) is 11.8. The van der Waals surface area contributed by atoms with Gasteiger partial charge in [-0.05, 0) is 25.0 Å². The molecule has 0 fully saturated rings. The van der Waals surface area contributed by atoms with Crippen LogP contribution in [-0.2, 0) is 15.3 Å². The van der Waals surface area contributed by atoms with Gasteiger partial charge in [0.15, 0.2) is 0 Å². The van der Waals surface area contributed by atoms with Crippen LogP contribution >= 0.6 is 23.4 Å². The van der Waals surface area contributed by atoms with E-state index in [1.54, 1.807) is 11.8 Å². The summed E-state index contributed by atoms with van der Waals surface area (Å²) in [6.07, 6.45) is 1.81. The zero-order chi connectivity index (χ0) is 13.4. The van der Waals surface area contributed by atoms with E-state index < -0.39 is 0 Å². The van der Waals surface area contributed by atoms with Crippen LogP contribution in [0.2, 0.25) is 5.02 Å². The lowest BCUT2D eigenvalue weighted by Gasteiger charge is -2.14. The molecule has 0 aliphatic rings. The van der Waals surface area contributed by atoms with Gasteiger partial charge in [-0.2, -0.15) is 0 Å². The van der Waals surface area contributed by atoms with Gasteiger partial charge in [-0.25, -0.2) is 0 Å². The van der Waals surface area contributed by atoms with Crippen LogP contribution in [0.3, 0.4) is 0 Å². The standard InChI is InChI=1S/C14H19ClO2S/c1-3-7-13(14(16)17-4-2)18-10-11-8-5-6-9-12(11)15/h5-6,8-9,13H,3-4,7,10H2,1-2H3. The molecule has 4 heteroatoms. The lowest BCUT2D eigenvalue weighted by atomic mass is 10.2. The molecule has 0 saturated heterocycles. The van der Waals surface area contributed by atoms with E-state index in [1.807, 2.05) is 31.2 Å². The Hall–Kier alpha value is -0.670. The molecule has 1 atom stereocenters. The molecule has 0 radical (unpaired) electrons. The summed E-state index contributed by atoms with van der Waals surface area (Å²) in [5.41, 5.74) is 1.06. The summed E-state index contributed by atoms with van der Waals surface area (Å²) in [7, 11) is 0. The van der Waals surface area contributed by atoms with Crippen molar-refractivity contribution in [1.82, 2.24) is 0 Å². The molecule has 2 nitrogen and oxygen atoms in total.